The third kappa shape index (κ3) is 2.96. The fourth-order valence-electron chi connectivity index (χ4n) is 1.71. The average Bonchev–Trinajstić information content (AvgIpc) is 2.40. The zero-order valence-corrected chi connectivity index (χ0v) is 10.3. The molecule has 92 valence electrons. The second-order valence-corrected chi connectivity index (χ2v) is 4.16. The number of hydrogen-bond acceptors (Lipinski definition) is 3. The summed E-state index contributed by atoms with van der Waals surface area (Å²) in [5.74, 6) is 0.0668. The van der Waals surface area contributed by atoms with Crippen LogP contribution in [0.4, 0.5) is 11.4 Å². The van der Waals surface area contributed by atoms with E-state index in [1.807, 2.05) is 48.5 Å². The van der Waals surface area contributed by atoms with Gasteiger partial charge in [-0.05, 0) is 36.8 Å². The van der Waals surface area contributed by atoms with Crippen LogP contribution in [0.15, 0.2) is 48.5 Å². The molecule has 3 heteroatoms. The number of hydrogen-bond donors (Lipinski definition) is 2. The van der Waals surface area contributed by atoms with Crippen LogP contribution in [-0.2, 0) is 6.54 Å². The molecule has 18 heavy (non-hydrogen) atoms. The number of benzene rings is 2. The summed E-state index contributed by atoms with van der Waals surface area (Å²) >= 11 is 0. The van der Waals surface area contributed by atoms with Gasteiger partial charge < -0.3 is 11.1 Å². The summed E-state index contributed by atoms with van der Waals surface area (Å²) in [6, 6.07) is 15.4. The van der Waals surface area contributed by atoms with Crippen LogP contribution >= 0.6 is 0 Å². The van der Waals surface area contributed by atoms with E-state index in [9.17, 15) is 4.79 Å². The Bertz CT molecular complexity index is 547. The second kappa shape index (κ2) is 5.47. The van der Waals surface area contributed by atoms with Crippen LogP contribution in [0.5, 0.6) is 0 Å². The number of nitrogens with two attached hydrogens (primary N) is 1. The summed E-state index contributed by atoms with van der Waals surface area (Å²) in [5, 5.41) is 3.26. The van der Waals surface area contributed by atoms with Crippen molar-refractivity contribution in [1.29, 1.82) is 0 Å². The van der Waals surface area contributed by atoms with Gasteiger partial charge in [-0.1, -0.05) is 24.3 Å². The molecular formula is C15H16N2O. The molecule has 2 rings (SSSR count). The highest BCUT2D eigenvalue weighted by Crippen LogP contribution is 2.18. The van der Waals surface area contributed by atoms with Crippen molar-refractivity contribution < 1.29 is 4.79 Å². The van der Waals surface area contributed by atoms with Gasteiger partial charge in [0.1, 0.15) is 0 Å². The Morgan fingerprint density at radius 1 is 1.11 bits per heavy atom. The fraction of sp³-hybridized carbons (Fsp3) is 0.133. The van der Waals surface area contributed by atoms with Gasteiger partial charge in [0.15, 0.2) is 5.78 Å². The van der Waals surface area contributed by atoms with Gasteiger partial charge in [-0.2, -0.15) is 0 Å². The lowest BCUT2D eigenvalue weighted by molar-refractivity contribution is 0.101. The lowest BCUT2D eigenvalue weighted by atomic mass is 10.1. The van der Waals surface area contributed by atoms with E-state index in [-0.39, 0.29) is 5.78 Å². The largest absolute Gasteiger partial charge is 0.356 e. The Hall–Kier alpha value is -2.13. The molecule has 0 radical (unpaired) electrons. The molecule has 0 fully saturated rings. The van der Waals surface area contributed by atoms with E-state index >= 15 is 0 Å². The zero-order chi connectivity index (χ0) is 13.0. The van der Waals surface area contributed by atoms with Crippen LogP contribution in [0, 0.1) is 0 Å². The van der Waals surface area contributed by atoms with Crippen LogP contribution < -0.4 is 11.1 Å². The van der Waals surface area contributed by atoms with Crippen molar-refractivity contribution in [3.8, 4) is 0 Å². The first-order valence-electron chi connectivity index (χ1n) is 5.86. The molecular weight excluding hydrogens is 224 g/mol. The summed E-state index contributed by atoms with van der Waals surface area (Å²) in [6.07, 6.45) is 0. The molecule has 0 atom stereocenters. The van der Waals surface area contributed by atoms with Gasteiger partial charge in [-0.15, -0.1) is 0 Å². The van der Waals surface area contributed by atoms with E-state index in [4.69, 9.17) is 5.73 Å². The van der Waals surface area contributed by atoms with Crippen LogP contribution in [-0.4, -0.2) is 5.78 Å². The summed E-state index contributed by atoms with van der Waals surface area (Å²) < 4.78 is 0. The SMILES string of the molecule is CC(=O)c1cccc(Nc2ccc(CN)cc2)c1. The highest BCUT2D eigenvalue weighted by Gasteiger charge is 2.00. The molecule has 0 saturated carbocycles. The van der Waals surface area contributed by atoms with Crippen molar-refractivity contribution >= 4 is 17.2 Å². The van der Waals surface area contributed by atoms with E-state index < -0.39 is 0 Å². The van der Waals surface area contributed by atoms with Gasteiger partial charge in [-0.25, -0.2) is 0 Å². The van der Waals surface area contributed by atoms with Crippen LogP contribution in [0.25, 0.3) is 0 Å². The third-order valence-electron chi connectivity index (χ3n) is 2.75. The quantitative estimate of drug-likeness (QED) is 0.807. The minimum atomic E-state index is 0.0668. The first-order chi connectivity index (χ1) is 8.69. The van der Waals surface area contributed by atoms with Crippen molar-refractivity contribution in [2.45, 2.75) is 13.5 Å². The van der Waals surface area contributed by atoms with Gasteiger partial charge in [-0.3, -0.25) is 4.79 Å². The summed E-state index contributed by atoms with van der Waals surface area (Å²) in [6.45, 7) is 2.11. The molecule has 0 saturated heterocycles. The molecule has 3 N–H and O–H groups in total. The van der Waals surface area contributed by atoms with E-state index in [2.05, 4.69) is 5.32 Å². The molecule has 0 unspecified atom stereocenters. The molecule has 0 heterocycles. The van der Waals surface area contributed by atoms with Crippen molar-refractivity contribution in [2.24, 2.45) is 5.73 Å². The number of Topliss-reactive ketones (excluding diaryl/α,β-unsaturated/α-hetero) is 1. The first kappa shape index (κ1) is 12.3. The molecule has 0 aliphatic heterocycles. The molecule has 0 spiro atoms. The molecule has 0 aliphatic carbocycles. The number of rotatable bonds is 4. The number of carbonyl (C=O) groups excluding carboxylic acids is 1. The predicted molar refractivity (Wildman–Crippen MR) is 74.1 cm³/mol. The Balaban J connectivity index is 2.17. The molecule has 0 aromatic heterocycles. The topological polar surface area (TPSA) is 55.1 Å². The van der Waals surface area contributed by atoms with Crippen molar-refractivity contribution in [1.82, 2.24) is 0 Å². The van der Waals surface area contributed by atoms with Crippen LogP contribution in [0.3, 0.4) is 0 Å². The third-order valence-corrected chi connectivity index (χ3v) is 2.75. The highest BCUT2D eigenvalue weighted by molar-refractivity contribution is 5.95. The number of carbonyl (C=O) groups is 1. The smallest absolute Gasteiger partial charge is 0.159 e. The van der Waals surface area contributed by atoms with Gasteiger partial charge in [0.2, 0.25) is 0 Å². The fourth-order valence-corrected chi connectivity index (χ4v) is 1.71. The Morgan fingerprint density at radius 2 is 1.83 bits per heavy atom. The van der Waals surface area contributed by atoms with E-state index in [0.29, 0.717) is 12.1 Å². The Labute approximate surface area is 107 Å². The maximum atomic E-state index is 11.3. The first-order valence-corrected chi connectivity index (χ1v) is 5.86. The predicted octanol–water partition coefficient (Wildman–Crippen LogP) is 3.09. The standard InChI is InChI=1S/C15H16N2O/c1-11(18)13-3-2-4-15(9-13)17-14-7-5-12(10-16)6-8-14/h2-9,17H,10,16H2,1H3. The monoisotopic (exact) mass is 240 g/mol. The molecule has 3 nitrogen and oxygen atoms in total. The van der Waals surface area contributed by atoms with Crippen LogP contribution in [0.1, 0.15) is 22.8 Å². The Morgan fingerprint density at radius 3 is 2.44 bits per heavy atom. The molecule has 0 bridgehead atoms. The number of ketones is 1. The van der Waals surface area contributed by atoms with Crippen molar-refractivity contribution in [3.05, 3.63) is 59.7 Å². The normalized spacial score (nSPS) is 10.1. The van der Waals surface area contributed by atoms with Crippen molar-refractivity contribution in [3.63, 3.8) is 0 Å². The highest BCUT2D eigenvalue weighted by atomic mass is 16.1. The maximum absolute atomic E-state index is 11.3. The lowest BCUT2D eigenvalue weighted by Gasteiger charge is -2.08. The zero-order valence-electron chi connectivity index (χ0n) is 10.3. The van der Waals surface area contributed by atoms with Gasteiger partial charge in [0, 0.05) is 23.5 Å². The lowest BCUT2D eigenvalue weighted by Crippen LogP contribution is -1.97. The molecule has 2 aromatic rings. The number of nitrogens with one attached hydrogen (secondary N) is 1. The van der Waals surface area contributed by atoms with Gasteiger partial charge in [0.05, 0.1) is 0 Å². The second-order valence-electron chi connectivity index (χ2n) is 4.16. The molecule has 0 amide bonds. The van der Waals surface area contributed by atoms with Crippen LogP contribution in [0.2, 0.25) is 0 Å². The molecule has 2 aromatic carbocycles. The summed E-state index contributed by atoms with van der Waals surface area (Å²) in [7, 11) is 0. The summed E-state index contributed by atoms with van der Waals surface area (Å²) in [5.41, 5.74) is 9.24. The maximum Gasteiger partial charge on any atom is 0.159 e. The minimum Gasteiger partial charge on any atom is -0.356 e. The van der Waals surface area contributed by atoms with E-state index in [0.717, 1.165) is 16.9 Å². The Kier molecular flexibility index (Phi) is 3.75. The average molecular weight is 240 g/mol. The van der Waals surface area contributed by atoms with Crippen molar-refractivity contribution in [2.75, 3.05) is 5.32 Å². The summed E-state index contributed by atoms with van der Waals surface area (Å²) in [4.78, 5) is 11.3. The molecule has 0 aliphatic rings. The minimum absolute atomic E-state index is 0.0668. The van der Waals surface area contributed by atoms with Gasteiger partial charge >= 0.3 is 0 Å². The van der Waals surface area contributed by atoms with Gasteiger partial charge in [0.25, 0.3) is 0 Å². The van der Waals surface area contributed by atoms with E-state index in [1.165, 1.54) is 0 Å². The number of anilines is 2. The van der Waals surface area contributed by atoms with E-state index in [1.54, 1.807) is 6.92 Å².